The maximum absolute atomic E-state index is 6.78. The van der Waals surface area contributed by atoms with Crippen molar-refractivity contribution in [2.24, 2.45) is 0 Å². The Morgan fingerprint density at radius 1 is 0.510 bits per heavy atom. The lowest BCUT2D eigenvalue weighted by Crippen LogP contribution is -2.14. The Kier molecular flexibility index (Phi) is 5.70. The molecule has 0 radical (unpaired) electrons. The van der Waals surface area contributed by atoms with E-state index < -0.39 is 0 Å². The third-order valence-corrected chi connectivity index (χ3v) is 11.0. The van der Waals surface area contributed by atoms with Crippen LogP contribution in [0.3, 0.4) is 0 Å². The maximum atomic E-state index is 6.78. The lowest BCUT2D eigenvalue weighted by atomic mass is 9.82. The first kappa shape index (κ1) is 28.3. The Bertz CT molecular complexity index is 3060. The second-order valence-electron chi connectivity index (χ2n) is 14.2. The molecule has 0 saturated carbocycles. The third kappa shape index (κ3) is 4.02. The van der Waals surface area contributed by atoms with Crippen LogP contribution in [-0.4, -0.2) is 14.5 Å². The van der Waals surface area contributed by atoms with E-state index in [0.29, 0.717) is 11.4 Å². The molecular formula is C47H31N3O. The minimum Gasteiger partial charge on any atom is -0.450 e. The molecule has 1 aliphatic rings. The van der Waals surface area contributed by atoms with Crippen LogP contribution >= 0.6 is 0 Å². The Morgan fingerprint density at radius 2 is 1.22 bits per heavy atom. The lowest BCUT2D eigenvalue weighted by Gasteiger charge is -2.21. The number of aromatic nitrogens is 3. The molecule has 51 heavy (non-hydrogen) atoms. The van der Waals surface area contributed by atoms with Crippen LogP contribution < -0.4 is 0 Å². The van der Waals surface area contributed by atoms with E-state index in [1.807, 2.05) is 18.2 Å². The summed E-state index contributed by atoms with van der Waals surface area (Å²) in [6.07, 6.45) is 0. The van der Waals surface area contributed by atoms with E-state index in [2.05, 4.69) is 152 Å². The van der Waals surface area contributed by atoms with Gasteiger partial charge >= 0.3 is 0 Å². The summed E-state index contributed by atoms with van der Waals surface area (Å²) in [5.41, 5.74) is 13.0. The summed E-state index contributed by atoms with van der Waals surface area (Å²) in [7, 11) is 0. The average molecular weight is 654 g/mol. The highest BCUT2D eigenvalue weighted by Crippen LogP contribution is 2.50. The van der Waals surface area contributed by atoms with Crippen molar-refractivity contribution >= 4 is 54.6 Å². The summed E-state index contributed by atoms with van der Waals surface area (Å²) in [4.78, 5) is 10.5. The van der Waals surface area contributed by atoms with Crippen LogP contribution in [0.15, 0.2) is 156 Å². The quantitative estimate of drug-likeness (QED) is 0.191. The smallest absolute Gasteiger partial charge is 0.197 e. The number of para-hydroxylation sites is 1. The van der Waals surface area contributed by atoms with Crippen LogP contribution in [0.25, 0.3) is 94.1 Å². The molecule has 0 bridgehead atoms. The average Bonchev–Trinajstić information content (AvgIpc) is 3.79. The van der Waals surface area contributed by atoms with Gasteiger partial charge in [0.1, 0.15) is 11.1 Å². The molecule has 0 saturated heterocycles. The SMILES string of the molecule is CC1(C)c2ccccc2-c2cc(-c3ccc4oc5c(-n6c7ccccc7c7cc8ccccc8cc76)nc(-c6ccccc6)nc5c4c3)ccc21. The number of fused-ring (bicyclic) bond motifs is 10. The van der Waals surface area contributed by atoms with Gasteiger partial charge in [-0.2, -0.15) is 0 Å². The Labute approximate surface area is 294 Å². The van der Waals surface area contributed by atoms with Crippen LogP contribution in [-0.2, 0) is 5.41 Å². The lowest BCUT2D eigenvalue weighted by molar-refractivity contribution is 0.660. The van der Waals surface area contributed by atoms with Crippen LogP contribution in [0.1, 0.15) is 25.0 Å². The Morgan fingerprint density at radius 3 is 2.10 bits per heavy atom. The molecular weight excluding hydrogens is 623 g/mol. The van der Waals surface area contributed by atoms with Crippen molar-refractivity contribution in [2.75, 3.05) is 0 Å². The molecule has 10 aromatic rings. The number of hydrogen-bond acceptors (Lipinski definition) is 3. The predicted molar refractivity (Wildman–Crippen MR) is 210 cm³/mol. The van der Waals surface area contributed by atoms with E-state index in [4.69, 9.17) is 14.4 Å². The third-order valence-electron chi connectivity index (χ3n) is 11.0. The molecule has 1 aliphatic carbocycles. The van der Waals surface area contributed by atoms with Crippen LogP contribution in [0.5, 0.6) is 0 Å². The first-order chi connectivity index (χ1) is 25.0. The van der Waals surface area contributed by atoms with Gasteiger partial charge in [-0.25, -0.2) is 9.97 Å². The Hall–Kier alpha value is -6.52. The molecule has 4 heteroatoms. The van der Waals surface area contributed by atoms with Crippen molar-refractivity contribution in [1.82, 2.24) is 14.5 Å². The summed E-state index contributed by atoms with van der Waals surface area (Å²) < 4.78 is 9.04. The minimum absolute atomic E-state index is 0.0323. The minimum atomic E-state index is -0.0323. The number of benzene rings is 7. The largest absolute Gasteiger partial charge is 0.450 e. The van der Waals surface area contributed by atoms with Gasteiger partial charge in [0.05, 0.1) is 11.0 Å². The molecule has 0 N–H and O–H groups in total. The van der Waals surface area contributed by atoms with Gasteiger partial charge in [0.25, 0.3) is 0 Å². The topological polar surface area (TPSA) is 43.9 Å². The molecule has 3 aromatic heterocycles. The highest BCUT2D eigenvalue weighted by Gasteiger charge is 2.35. The van der Waals surface area contributed by atoms with Gasteiger partial charge in [0.15, 0.2) is 17.2 Å². The van der Waals surface area contributed by atoms with Crippen molar-refractivity contribution in [2.45, 2.75) is 19.3 Å². The van der Waals surface area contributed by atoms with E-state index in [1.54, 1.807) is 0 Å². The number of furan rings is 1. The van der Waals surface area contributed by atoms with Gasteiger partial charge in [-0.3, -0.25) is 4.57 Å². The van der Waals surface area contributed by atoms with E-state index >= 15 is 0 Å². The predicted octanol–water partition coefficient (Wildman–Crippen LogP) is 12.3. The molecule has 3 heterocycles. The monoisotopic (exact) mass is 653 g/mol. The molecule has 0 atom stereocenters. The van der Waals surface area contributed by atoms with Crippen molar-refractivity contribution in [1.29, 1.82) is 0 Å². The van der Waals surface area contributed by atoms with Crippen LogP contribution in [0, 0.1) is 0 Å². The second kappa shape index (κ2) is 10.3. The number of nitrogens with zero attached hydrogens (tertiary/aromatic N) is 3. The zero-order valence-electron chi connectivity index (χ0n) is 28.2. The normalized spacial score (nSPS) is 13.5. The molecule has 240 valence electrons. The molecule has 11 rings (SSSR count). The first-order valence-electron chi connectivity index (χ1n) is 17.5. The van der Waals surface area contributed by atoms with E-state index in [1.165, 1.54) is 49.4 Å². The van der Waals surface area contributed by atoms with Crippen molar-refractivity contribution < 1.29 is 4.42 Å². The van der Waals surface area contributed by atoms with Crippen molar-refractivity contribution in [3.05, 3.63) is 163 Å². The standard InChI is InChI=1S/C47H31N3O/c1-47(2)38-18-10-8-16-33(38)35-24-31(20-22-39(35)47)32-21-23-42-37(26-32)43-44(51-42)46(49-45(48-43)28-12-4-3-5-13-28)50-40-19-11-9-17-34(40)36-25-29-14-6-7-15-30(29)27-41(36)50/h3-27H,1-2H3. The fourth-order valence-corrected chi connectivity index (χ4v) is 8.46. The van der Waals surface area contributed by atoms with Gasteiger partial charge < -0.3 is 4.42 Å². The fourth-order valence-electron chi connectivity index (χ4n) is 8.46. The molecule has 0 amide bonds. The zero-order valence-corrected chi connectivity index (χ0v) is 28.2. The summed E-state index contributed by atoms with van der Waals surface area (Å²) in [5, 5.41) is 5.71. The van der Waals surface area contributed by atoms with Crippen molar-refractivity contribution in [3.63, 3.8) is 0 Å². The Balaban J connectivity index is 1.19. The molecule has 4 nitrogen and oxygen atoms in total. The van der Waals surface area contributed by atoms with Gasteiger partial charge in [0.2, 0.25) is 0 Å². The van der Waals surface area contributed by atoms with Gasteiger partial charge in [0, 0.05) is 27.1 Å². The van der Waals surface area contributed by atoms with Gasteiger partial charge in [-0.1, -0.05) is 129 Å². The molecule has 7 aromatic carbocycles. The van der Waals surface area contributed by atoms with E-state index in [-0.39, 0.29) is 5.41 Å². The zero-order chi connectivity index (χ0) is 33.8. The summed E-state index contributed by atoms with van der Waals surface area (Å²) >= 11 is 0. The summed E-state index contributed by atoms with van der Waals surface area (Å²) in [5.74, 6) is 1.39. The van der Waals surface area contributed by atoms with Gasteiger partial charge in [-0.05, 0) is 80.6 Å². The summed E-state index contributed by atoms with van der Waals surface area (Å²) in [6.45, 7) is 4.64. The molecule has 0 fully saturated rings. The molecule has 0 unspecified atom stereocenters. The number of hydrogen-bond donors (Lipinski definition) is 0. The van der Waals surface area contributed by atoms with E-state index in [9.17, 15) is 0 Å². The maximum Gasteiger partial charge on any atom is 0.197 e. The molecule has 0 spiro atoms. The van der Waals surface area contributed by atoms with Crippen LogP contribution in [0.4, 0.5) is 0 Å². The second-order valence-corrected chi connectivity index (χ2v) is 14.2. The first-order valence-corrected chi connectivity index (χ1v) is 17.5. The fraction of sp³-hybridized carbons (Fsp3) is 0.0638. The van der Waals surface area contributed by atoms with Crippen molar-refractivity contribution in [3.8, 4) is 39.5 Å². The van der Waals surface area contributed by atoms with Gasteiger partial charge in [-0.15, -0.1) is 0 Å². The highest BCUT2D eigenvalue weighted by molar-refractivity contribution is 6.15. The summed E-state index contributed by atoms with van der Waals surface area (Å²) in [6, 6.07) is 54.1. The number of rotatable bonds is 3. The molecule has 0 aliphatic heterocycles. The van der Waals surface area contributed by atoms with E-state index in [0.717, 1.165) is 44.5 Å². The highest BCUT2D eigenvalue weighted by atomic mass is 16.3. The van der Waals surface area contributed by atoms with Crippen LogP contribution in [0.2, 0.25) is 0 Å².